The molecule has 2 N–H and O–H groups in total. The molecule has 0 aromatic heterocycles. The molecule has 1 aromatic rings. The zero-order valence-corrected chi connectivity index (χ0v) is 14.4. The largest absolute Gasteiger partial charge is 0.487 e. The third-order valence-electron chi connectivity index (χ3n) is 3.96. The number of benzene rings is 1. The fourth-order valence-corrected chi connectivity index (χ4v) is 2.64. The van der Waals surface area contributed by atoms with E-state index in [1.807, 2.05) is 52.8 Å². The standard InChI is InChI=1S/C18H27NO3/c1-11(20)12-7-8-15-13(9-12)14(10-18(5,6)22-15)19-16(21)17(2,3)4/h7-9,11,14,20H,10H2,1-6H3,(H,19,21). The lowest BCUT2D eigenvalue weighted by atomic mass is 9.87. The van der Waals surface area contributed by atoms with Crippen LogP contribution >= 0.6 is 0 Å². The van der Waals surface area contributed by atoms with Gasteiger partial charge < -0.3 is 15.2 Å². The molecule has 1 aliphatic heterocycles. The second kappa shape index (κ2) is 5.58. The highest BCUT2D eigenvalue weighted by atomic mass is 16.5. The van der Waals surface area contributed by atoms with Gasteiger partial charge in [-0.15, -0.1) is 0 Å². The van der Waals surface area contributed by atoms with Crippen molar-refractivity contribution in [1.82, 2.24) is 5.32 Å². The van der Waals surface area contributed by atoms with E-state index in [1.165, 1.54) is 0 Å². The van der Waals surface area contributed by atoms with Gasteiger partial charge in [0, 0.05) is 17.4 Å². The molecule has 1 amide bonds. The van der Waals surface area contributed by atoms with Crippen molar-refractivity contribution in [3.8, 4) is 5.75 Å². The van der Waals surface area contributed by atoms with Gasteiger partial charge in [-0.3, -0.25) is 4.79 Å². The second-order valence-electron chi connectivity index (χ2n) is 7.82. The van der Waals surface area contributed by atoms with Gasteiger partial charge in [0.25, 0.3) is 0 Å². The Bertz CT molecular complexity index is 570. The Morgan fingerprint density at radius 3 is 2.59 bits per heavy atom. The van der Waals surface area contributed by atoms with Crippen LogP contribution in [0.2, 0.25) is 0 Å². The lowest BCUT2D eigenvalue weighted by molar-refractivity contribution is -0.129. The number of aliphatic hydroxyl groups is 1. The van der Waals surface area contributed by atoms with Gasteiger partial charge in [0.1, 0.15) is 11.4 Å². The van der Waals surface area contributed by atoms with Crippen molar-refractivity contribution in [3.63, 3.8) is 0 Å². The molecule has 2 rings (SSSR count). The monoisotopic (exact) mass is 305 g/mol. The van der Waals surface area contributed by atoms with E-state index < -0.39 is 11.5 Å². The summed E-state index contributed by atoms with van der Waals surface area (Å²) < 4.78 is 6.02. The number of hydrogen-bond acceptors (Lipinski definition) is 3. The molecule has 0 bridgehead atoms. The first-order valence-electron chi connectivity index (χ1n) is 7.81. The summed E-state index contributed by atoms with van der Waals surface area (Å²) in [7, 11) is 0. The van der Waals surface area contributed by atoms with Crippen LogP contribution in [0.5, 0.6) is 5.75 Å². The van der Waals surface area contributed by atoms with Crippen LogP contribution in [0.3, 0.4) is 0 Å². The molecule has 4 nitrogen and oxygen atoms in total. The molecular formula is C18H27NO3. The van der Waals surface area contributed by atoms with E-state index in [4.69, 9.17) is 4.74 Å². The number of rotatable bonds is 2. The molecular weight excluding hydrogens is 278 g/mol. The quantitative estimate of drug-likeness (QED) is 0.879. The van der Waals surface area contributed by atoms with E-state index in [9.17, 15) is 9.90 Å². The Hall–Kier alpha value is -1.55. The Morgan fingerprint density at radius 2 is 2.05 bits per heavy atom. The SMILES string of the molecule is CC(O)c1ccc2c(c1)C(NC(=O)C(C)(C)C)CC(C)(C)O2. The van der Waals surface area contributed by atoms with E-state index in [-0.39, 0.29) is 17.6 Å². The van der Waals surface area contributed by atoms with Crippen LogP contribution in [0.15, 0.2) is 18.2 Å². The minimum Gasteiger partial charge on any atom is -0.487 e. The van der Waals surface area contributed by atoms with E-state index in [1.54, 1.807) is 6.92 Å². The van der Waals surface area contributed by atoms with E-state index in [0.29, 0.717) is 6.42 Å². The maximum atomic E-state index is 12.4. The molecule has 4 heteroatoms. The van der Waals surface area contributed by atoms with Gasteiger partial charge in [-0.1, -0.05) is 26.8 Å². The van der Waals surface area contributed by atoms with Gasteiger partial charge in [-0.05, 0) is 38.5 Å². The molecule has 2 unspecified atom stereocenters. The maximum Gasteiger partial charge on any atom is 0.225 e. The van der Waals surface area contributed by atoms with E-state index in [2.05, 4.69) is 5.32 Å². The van der Waals surface area contributed by atoms with Crippen LogP contribution in [-0.2, 0) is 4.79 Å². The summed E-state index contributed by atoms with van der Waals surface area (Å²) in [5.41, 5.74) is 0.993. The predicted octanol–water partition coefficient (Wildman–Crippen LogP) is 3.50. The third-order valence-corrected chi connectivity index (χ3v) is 3.96. The minimum absolute atomic E-state index is 0.0172. The van der Waals surface area contributed by atoms with Gasteiger partial charge in [0.15, 0.2) is 0 Å². The number of ether oxygens (including phenoxy) is 1. The smallest absolute Gasteiger partial charge is 0.225 e. The number of carbonyl (C=O) groups excluding carboxylic acids is 1. The number of fused-ring (bicyclic) bond motifs is 1. The van der Waals surface area contributed by atoms with Gasteiger partial charge in [-0.25, -0.2) is 0 Å². The molecule has 122 valence electrons. The van der Waals surface area contributed by atoms with Crippen molar-refractivity contribution in [3.05, 3.63) is 29.3 Å². The molecule has 1 aromatic carbocycles. The highest BCUT2D eigenvalue weighted by Crippen LogP contribution is 2.41. The zero-order chi connectivity index (χ0) is 16.7. The summed E-state index contributed by atoms with van der Waals surface area (Å²) in [4.78, 5) is 12.4. The number of aliphatic hydroxyl groups excluding tert-OH is 1. The van der Waals surface area contributed by atoms with Crippen molar-refractivity contribution in [2.75, 3.05) is 0 Å². The normalized spacial score (nSPS) is 21.5. The van der Waals surface area contributed by atoms with Crippen LogP contribution in [-0.4, -0.2) is 16.6 Å². The van der Waals surface area contributed by atoms with Crippen LogP contribution in [0.25, 0.3) is 0 Å². The number of amides is 1. The number of nitrogens with one attached hydrogen (secondary N) is 1. The lowest BCUT2D eigenvalue weighted by Crippen LogP contribution is -2.44. The second-order valence-corrected chi connectivity index (χ2v) is 7.82. The van der Waals surface area contributed by atoms with E-state index >= 15 is 0 Å². The van der Waals surface area contributed by atoms with Crippen molar-refractivity contribution in [2.24, 2.45) is 5.41 Å². The maximum absolute atomic E-state index is 12.4. The third kappa shape index (κ3) is 3.61. The van der Waals surface area contributed by atoms with Crippen LogP contribution in [0.4, 0.5) is 0 Å². The highest BCUT2D eigenvalue weighted by Gasteiger charge is 2.36. The fraction of sp³-hybridized carbons (Fsp3) is 0.611. The molecule has 1 heterocycles. The van der Waals surface area contributed by atoms with Crippen molar-refractivity contribution in [1.29, 1.82) is 0 Å². The lowest BCUT2D eigenvalue weighted by Gasteiger charge is -2.39. The van der Waals surface area contributed by atoms with Crippen LogP contribution in [0, 0.1) is 5.41 Å². The first kappa shape index (κ1) is 16.8. The van der Waals surface area contributed by atoms with Crippen molar-refractivity contribution < 1.29 is 14.6 Å². The minimum atomic E-state index is -0.542. The van der Waals surface area contributed by atoms with Crippen molar-refractivity contribution >= 4 is 5.91 Å². The molecule has 0 radical (unpaired) electrons. The molecule has 0 spiro atoms. The van der Waals surface area contributed by atoms with E-state index in [0.717, 1.165) is 16.9 Å². The molecule has 22 heavy (non-hydrogen) atoms. The number of carbonyl (C=O) groups is 1. The van der Waals surface area contributed by atoms with Crippen LogP contribution in [0.1, 0.15) is 71.2 Å². The first-order chi connectivity index (χ1) is 9.99. The van der Waals surface area contributed by atoms with Gasteiger partial charge in [0.05, 0.1) is 12.1 Å². The first-order valence-corrected chi connectivity index (χ1v) is 7.81. The topological polar surface area (TPSA) is 58.6 Å². The Balaban J connectivity index is 2.38. The molecule has 2 atom stereocenters. The molecule has 0 fully saturated rings. The Morgan fingerprint density at radius 1 is 1.41 bits per heavy atom. The average molecular weight is 305 g/mol. The molecule has 0 saturated heterocycles. The fourth-order valence-electron chi connectivity index (χ4n) is 2.64. The molecule has 0 saturated carbocycles. The summed E-state index contributed by atoms with van der Waals surface area (Å²) in [5.74, 6) is 0.795. The summed E-state index contributed by atoms with van der Waals surface area (Å²) in [5, 5.41) is 12.9. The molecule has 0 aliphatic carbocycles. The predicted molar refractivity (Wildman–Crippen MR) is 86.7 cm³/mol. The average Bonchev–Trinajstić information content (AvgIpc) is 2.35. The highest BCUT2D eigenvalue weighted by molar-refractivity contribution is 5.82. The van der Waals surface area contributed by atoms with Crippen LogP contribution < -0.4 is 10.1 Å². The van der Waals surface area contributed by atoms with Crippen molar-refractivity contribution in [2.45, 2.75) is 65.7 Å². The summed E-state index contributed by atoms with van der Waals surface area (Å²) in [6, 6.07) is 5.58. The summed E-state index contributed by atoms with van der Waals surface area (Å²) >= 11 is 0. The molecule has 1 aliphatic rings. The summed E-state index contributed by atoms with van der Waals surface area (Å²) in [6.45, 7) is 11.5. The van der Waals surface area contributed by atoms with Gasteiger partial charge in [0.2, 0.25) is 5.91 Å². The Kier molecular flexibility index (Phi) is 4.26. The number of hydrogen-bond donors (Lipinski definition) is 2. The van der Waals surface area contributed by atoms with Gasteiger partial charge >= 0.3 is 0 Å². The Labute approximate surface area is 132 Å². The summed E-state index contributed by atoms with van der Waals surface area (Å²) in [6.07, 6.45) is 0.157. The van der Waals surface area contributed by atoms with Gasteiger partial charge in [-0.2, -0.15) is 0 Å². The zero-order valence-electron chi connectivity index (χ0n) is 14.4.